The molecule has 2 aromatic carbocycles. The third-order valence-corrected chi connectivity index (χ3v) is 2.92. The van der Waals surface area contributed by atoms with Gasteiger partial charge in [-0.1, -0.05) is 24.3 Å². The minimum Gasteiger partial charge on any atom is -0.744 e. The Labute approximate surface area is 115 Å². The van der Waals surface area contributed by atoms with E-state index in [1.54, 1.807) is 24.3 Å². The van der Waals surface area contributed by atoms with Crippen LogP contribution in [0.5, 0.6) is 5.75 Å². The summed E-state index contributed by atoms with van der Waals surface area (Å²) in [6, 6.07) is 8.90. The molecule has 0 amide bonds. The Morgan fingerprint density at radius 2 is 1.75 bits per heavy atom. The van der Waals surface area contributed by atoms with E-state index in [0.29, 0.717) is 10.8 Å². The van der Waals surface area contributed by atoms with Crippen LogP contribution in [0.1, 0.15) is 0 Å². The summed E-state index contributed by atoms with van der Waals surface area (Å²) in [4.78, 5) is -0.418. The van der Waals surface area contributed by atoms with Crippen LogP contribution in [0, 0.1) is 0 Å². The average molecular weight is 246 g/mol. The predicted octanol–water partition coefficient (Wildman–Crippen LogP) is -1.55. The van der Waals surface area contributed by atoms with Crippen LogP contribution in [0.4, 0.5) is 0 Å². The van der Waals surface area contributed by atoms with E-state index in [9.17, 15) is 18.1 Å². The van der Waals surface area contributed by atoms with Gasteiger partial charge in [-0.25, -0.2) is 8.42 Å². The summed E-state index contributed by atoms with van der Waals surface area (Å²) in [6.07, 6.45) is 0. The van der Waals surface area contributed by atoms with Crippen molar-refractivity contribution < 1.29 is 47.6 Å². The van der Waals surface area contributed by atoms with Crippen molar-refractivity contribution >= 4 is 20.9 Å². The zero-order valence-electron chi connectivity index (χ0n) is 8.54. The van der Waals surface area contributed by atoms with Crippen LogP contribution in [0.3, 0.4) is 0 Å². The average Bonchev–Trinajstić information content (AvgIpc) is 2.16. The van der Waals surface area contributed by atoms with E-state index >= 15 is 0 Å². The van der Waals surface area contributed by atoms with Gasteiger partial charge in [-0.15, -0.1) is 0 Å². The van der Waals surface area contributed by atoms with Crippen molar-refractivity contribution in [1.29, 1.82) is 0 Å². The number of phenolic OH excluding ortho intramolecular Hbond substituents is 1. The van der Waals surface area contributed by atoms with E-state index in [4.69, 9.17) is 0 Å². The van der Waals surface area contributed by atoms with E-state index < -0.39 is 15.0 Å². The molecule has 0 aliphatic rings. The molecule has 0 unspecified atom stereocenters. The molecule has 0 aliphatic carbocycles. The van der Waals surface area contributed by atoms with Gasteiger partial charge >= 0.3 is 29.6 Å². The molecule has 0 saturated carbocycles. The number of fused-ring (bicyclic) bond motifs is 1. The van der Waals surface area contributed by atoms with Gasteiger partial charge in [0.1, 0.15) is 15.9 Å². The zero-order valence-corrected chi connectivity index (χ0v) is 11.4. The normalized spacial score (nSPS) is 11.1. The van der Waals surface area contributed by atoms with Crippen LogP contribution in [0.25, 0.3) is 10.8 Å². The summed E-state index contributed by atoms with van der Waals surface area (Å²) >= 11 is 0. The van der Waals surface area contributed by atoms with E-state index in [2.05, 4.69) is 0 Å². The van der Waals surface area contributed by atoms with E-state index in [1.165, 1.54) is 6.07 Å². The molecule has 2 rings (SSSR count). The maximum atomic E-state index is 10.8. The molecule has 1 N–H and O–H groups in total. The maximum Gasteiger partial charge on any atom is 1.00 e. The van der Waals surface area contributed by atoms with Gasteiger partial charge in [0.05, 0.1) is 4.90 Å². The smallest absolute Gasteiger partial charge is 0.744 e. The van der Waals surface area contributed by atoms with E-state index in [0.717, 1.165) is 6.07 Å². The van der Waals surface area contributed by atoms with Gasteiger partial charge in [0.15, 0.2) is 0 Å². The molecule has 16 heavy (non-hydrogen) atoms. The van der Waals surface area contributed by atoms with Crippen molar-refractivity contribution in [2.24, 2.45) is 0 Å². The first-order valence-electron chi connectivity index (χ1n) is 4.16. The fourth-order valence-electron chi connectivity index (χ4n) is 1.41. The second-order valence-electron chi connectivity index (χ2n) is 3.12. The van der Waals surface area contributed by atoms with Crippen molar-refractivity contribution in [3.63, 3.8) is 0 Å². The van der Waals surface area contributed by atoms with Gasteiger partial charge < -0.3 is 9.66 Å². The van der Waals surface area contributed by atoms with Crippen molar-refractivity contribution in [3.8, 4) is 5.75 Å². The largest absolute Gasteiger partial charge is 1.00 e. The Balaban J connectivity index is 0.00000128. The summed E-state index contributed by atoms with van der Waals surface area (Å²) in [7, 11) is -4.53. The Hall–Kier alpha value is -0.590. The van der Waals surface area contributed by atoms with E-state index in [1.807, 2.05) is 0 Å². The topological polar surface area (TPSA) is 77.4 Å². The second kappa shape index (κ2) is 4.73. The zero-order chi connectivity index (χ0) is 11.1. The first-order valence-corrected chi connectivity index (χ1v) is 5.57. The molecular weight excluding hydrogens is 239 g/mol. The number of aromatic hydroxyl groups is 1. The second-order valence-corrected chi connectivity index (χ2v) is 4.50. The molecule has 0 heterocycles. The van der Waals surface area contributed by atoms with Gasteiger partial charge in [0.25, 0.3) is 0 Å². The molecule has 0 saturated heterocycles. The molecule has 0 spiro atoms. The van der Waals surface area contributed by atoms with Gasteiger partial charge in [0.2, 0.25) is 0 Å². The summed E-state index contributed by atoms with van der Waals surface area (Å²) < 4.78 is 32.3. The Kier molecular flexibility index (Phi) is 3.98. The number of hydrogen-bond donors (Lipinski definition) is 1. The maximum absolute atomic E-state index is 10.8. The summed E-state index contributed by atoms with van der Waals surface area (Å²) in [5.74, 6) is -0.206. The van der Waals surface area contributed by atoms with Gasteiger partial charge in [-0.3, -0.25) is 0 Å². The van der Waals surface area contributed by atoms with Crippen LogP contribution < -0.4 is 29.6 Å². The monoisotopic (exact) mass is 246 g/mol. The van der Waals surface area contributed by atoms with E-state index in [-0.39, 0.29) is 35.3 Å². The van der Waals surface area contributed by atoms with Crippen molar-refractivity contribution in [2.45, 2.75) is 4.90 Å². The molecule has 6 heteroatoms. The molecule has 0 aliphatic heterocycles. The van der Waals surface area contributed by atoms with Crippen LogP contribution in [0.15, 0.2) is 41.3 Å². The quantitative estimate of drug-likeness (QED) is 0.488. The van der Waals surface area contributed by atoms with Crippen LogP contribution in [0.2, 0.25) is 0 Å². The van der Waals surface area contributed by atoms with Crippen LogP contribution in [-0.2, 0) is 10.1 Å². The number of phenols is 1. The van der Waals surface area contributed by atoms with Gasteiger partial charge in [0, 0.05) is 5.39 Å². The minimum atomic E-state index is -4.53. The summed E-state index contributed by atoms with van der Waals surface area (Å²) in [6.45, 7) is 0. The van der Waals surface area contributed by atoms with Crippen molar-refractivity contribution in [2.75, 3.05) is 0 Å². The summed E-state index contributed by atoms with van der Waals surface area (Å²) in [5, 5.41) is 10.6. The number of hydrogen-bond acceptors (Lipinski definition) is 4. The molecule has 78 valence electrons. The number of benzene rings is 2. The molecule has 2 aromatic rings. The molecule has 4 nitrogen and oxygen atoms in total. The molecule has 0 aromatic heterocycles. The van der Waals surface area contributed by atoms with Crippen molar-refractivity contribution in [3.05, 3.63) is 36.4 Å². The fraction of sp³-hybridized carbons (Fsp3) is 0. The SMILES string of the molecule is O=S(=O)([O-])c1cc(O)c2ccccc2c1.[Na+]. The predicted molar refractivity (Wildman–Crippen MR) is 53.6 cm³/mol. The van der Waals surface area contributed by atoms with Gasteiger partial charge in [-0.2, -0.15) is 0 Å². The van der Waals surface area contributed by atoms with Crippen LogP contribution in [-0.4, -0.2) is 18.1 Å². The first-order chi connectivity index (χ1) is 6.98. The Bertz CT molecular complexity index is 622. The molecule has 0 radical (unpaired) electrons. The molecule has 0 atom stereocenters. The third-order valence-electron chi connectivity index (χ3n) is 2.10. The van der Waals surface area contributed by atoms with Crippen molar-refractivity contribution in [1.82, 2.24) is 0 Å². The standard InChI is InChI=1S/C10H8O4S.Na/c11-10-6-8(15(12,13)14)5-7-3-1-2-4-9(7)10;/h1-6,11H,(H,12,13,14);/q;+1/p-1. The first kappa shape index (κ1) is 13.5. The Morgan fingerprint density at radius 1 is 1.12 bits per heavy atom. The molecular formula is C10H7NaO4S. The molecule has 0 fully saturated rings. The minimum absolute atomic E-state index is 0. The number of rotatable bonds is 1. The van der Waals surface area contributed by atoms with Crippen LogP contribution >= 0.6 is 0 Å². The van der Waals surface area contributed by atoms with Gasteiger partial charge in [-0.05, 0) is 17.5 Å². The Morgan fingerprint density at radius 3 is 2.38 bits per heavy atom. The summed E-state index contributed by atoms with van der Waals surface area (Å²) in [5.41, 5.74) is 0. The molecule has 0 bridgehead atoms. The third kappa shape index (κ3) is 2.56. The fourth-order valence-corrected chi connectivity index (χ4v) is 1.94.